The van der Waals surface area contributed by atoms with E-state index in [-0.39, 0.29) is 6.61 Å². The smallest absolute Gasteiger partial charge is 0.330 e. The molecule has 0 aromatic heterocycles. The number of rotatable bonds is 10. The Hall–Kier alpha value is -2.77. The fourth-order valence-corrected chi connectivity index (χ4v) is 1.66. The van der Waals surface area contributed by atoms with Crippen LogP contribution in [0.5, 0.6) is 11.5 Å². The predicted molar refractivity (Wildman–Crippen MR) is 81.7 cm³/mol. The Bertz CT molecular complexity index is 557. The summed E-state index contributed by atoms with van der Waals surface area (Å²) in [6.07, 6.45) is 4.04. The van der Waals surface area contributed by atoms with Gasteiger partial charge in [-0.25, -0.2) is 4.79 Å². The van der Waals surface area contributed by atoms with E-state index in [4.69, 9.17) is 9.47 Å². The molecule has 1 aromatic rings. The van der Waals surface area contributed by atoms with Crippen LogP contribution < -0.4 is 9.47 Å². The van der Waals surface area contributed by atoms with Crippen molar-refractivity contribution < 1.29 is 28.9 Å². The zero-order chi connectivity index (χ0) is 17.1. The molecule has 0 aliphatic rings. The Labute approximate surface area is 133 Å². The van der Waals surface area contributed by atoms with Gasteiger partial charge in [0.15, 0.2) is 11.5 Å². The van der Waals surface area contributed by atoms with E-state index in [0.29, 0.717) is 30.9 Å². The van der Waals surface area contributed by atoms with Gasteiger partial charge in [-0.3, -0.25) is 0 Å². The second kappa shape index (κ2) is 10.0. The van der Waals surface area contributed by atoms with Gasteiger partial charge in [-0.15, -0.1) is 10.1 Å². The van der Waals surface area contributed by atoms with Crippen LogP contribution in [0.25, 0.3) is 6.08 Å². The van der Waals surface area contributed by atoms with E-state index >= 15 is 0 Å². The Kier molecular flexibility index (Phi) is 7.98. The van der Waals surface area contributed by atoms with E-state index in [1.165, 1.54) is 20.3 Å². The molecule has 0 aliphatic carbocycles. The highest BCUT2D eigenvalue weighted by molar-refractivity contribution is 5.87. The number of esters is 1. The molecule has 0 fully saturated rings. The second-order valence-corrected chi connectivity index (χ2v) is 4.38. The summed E-state index contributed by atoms with van der Waals surface area (Å²) in [6, 6.07) is 5.22. The lowest BCUT2D eigenvalue weighted by Crippen LogP contribution is -2.05. The van der Waals surface area contributed by atoms with E-state index in [2.05, 4.69) is 9.57 Å². The van der Waals surface area contributed by atoms with Gasteiger partial charge < -0.3 is 19.0 Å². The maximum atomic E-state index is 11.1. The lowest BCUT2D eigenvalue weighted by atomic mass is 10.2. The molecule has 0 radical (unpaired) electrons. The van der Waals surface area contributed by atoms with Crippen LogP contribution in [-0.2, 0) is 14.4 Å². The van der Waals surface area contributed by atoms with Crippen molar-refractivity contribution in [1.82, 2.24) is 0 Å². The first-order valence-electron chi connectivity index (χ1n) is 6.91. The summed E-state index contributed by atoms with van der Waals surface area (Å²) in [5.41, 5.74) is 0.763. The number of ether oxygens (including phenoxy) is 3. The number of hydrogen-bond acceptors (Lipinski definition) is 7. The topological polar surface area (TPSA) is 97.1 Å². The molecule has 0 saturated carbocycles. The molecular formula is C15H19NO7. The molecule has 0 spiro atoms. The van der Waals surface area contributed by atoms with Gasteiger partial charge in [-0.05, 0) is 36.6 Å². The first kappa shape index (κ1) is 18.3. The van der Waals surface area contributed by atoms with Crippen molar-refractivity contribution in [2.24, 2.45) is 0 Å². The Morgan fingerprint density at radius 2 is 1.96 bits per heavy atom. The average Bonchev–Trinajstić information content (AvgIpc) is 2.55. The summed E-state index contributed by atoms with van der Waals surface area (Å²) in [5.74, 6) is 0.637. The van der Waals surface area contributed by atoms with Crippen LogP contribution in [0.2, 0.25) is 0 Å². The molecule has 126 valence electrons. The lowest BCUT2D eigenvalue weighted by Gasteiger charge is -2.11. The molecule has 8 nitrogen and oxygen atoms in total. The molecule has 1 rings (SSSR count). The molecule has 23 heavy (non-hydrogen) atoms. The van der Waals surface area contributed by atoms with Crippen molar-refractivity contribution in [3.63, 3.8) is 0 Å². The van der Waals surface area contributed by atoms with Crippen LogP contribution in [0.3, 0.4) is 0 Å². The quantitative estimate of drug-likeness (QED) is 0.214. The van der Waals surface area contributed by atoms with Crippen molar-refractivity contribution in [2.75, 3.05) is 27.4 Å². The van der Waals surface area contributed by atoms with Crippen LogP contribution in [0.15, 0.2) is 24.3 Å². The SMILES string of the molecule is COC(=O)/C=C/c1ccc(OCCCCO[N+](=O)[O-])c(OC)c1. The fraction of sp³-hybridized carbons (Fsp3) is 0.400. The molecule has 0 aliphatic heterocycles. The maximum absolute atomic E-state index is 11.1. The van der Waals surface area contributed by atoms with Crippen molar-refractivity contribution in [1.29, 1.82) is 0 Å². The molecule has 0 bridgehead atoms. The van der Waals surface area contributed by atoms with Crippen LogP contribution in [0, 0.1) is 10.1 Å². The molecule has 0 saturated heterocycles. The highest BCUT2D eigenvalue weighted by Gasteiger charge is 2.05. The van der Waals surface area contributed by atoms with Crippen molar-refractivity contribution in [2.45, 2.75) is 12.8 Å². The van der Waals surface area contributed by atoms with Gasteiger partial charge in [-0.2, -0.15) is 0 Å². The molecular weight excluding hydrogens is 306 g/mol. The van der Waals surface area contributed by atoms with Crippen molar-refractivity contribution in [3.05, 3.63) is 40.0 Å². The third-order valence-corrected chi connectivity index (χ3v) is 2.79. The van der Waals surface area contributed by atoms with Crippen LogP contribution in [-0.4, -0.2) is 38.5 Å². The van der Waals surface area contributed by atoms with E-state index in [9.17, 15) is 14.9 Å². The number of carbonyl (C=O) groups excluding carboxylic acids is 1. The summed E-state index contributed by atoms with van der Waals surface area (Å²) < 4.78 is 15.3. The van der Waals surface area contributed by atoms with Gasteiger partial charge in [0, 0.05) is 6.08 Å². The molecule has 1 aromatic carbocycles. The Morgan fingerprint density at radius 1 is 1.22 bits per heavy atom. The zero-order valence-corrected chi connectivity index (χ0v) is 13.0. The zero-order valence-electron chi connectivity index (χ0n) is 13.0. The summed E-state index contributed by atoms with van der Waals surface area (Å²) >= 11 is 0. The van der Waals surface area contributed by atoms with Gasteiger partial charge in [0.25, 0.3) is 5.09 Å². The van der Waals surface area contributed by atoms with Gasteiger partial charge in [0.2, 0.25) is 0 Å². The first-order valence-corrected chi connectivity index (χ1v) is 6.91. The van der Waals surface area contributed by atoms with Gasteiger partial charge in [0.1, 0.15) is 0 Å². The second-order valence-electron chi connectivity index (χ2n) is 4.38. The summed E-state index contributed by atoms with van der Waals surface area (Å²) in [5, 5.41) is 9.17. The minimum absolute atomic E-state index is 0.0464. The number of unbranched alkanes of at least 4 members (excludes halogenated alkanes) is 1. The lowest BCUT2D eigenvalue weighted by molar-refractivity contribution is -0.757. The number of carbonyl (C=O) groups is 1. The van der Waals surface area contributed by atoms with E-state index < -0.39 is 11.1 Å². The summed E-state index contributed by atoms with van der Waals surface area (Å²) in [7, 11) is 2.82. The van der Waals surface area contributed by atoms with E-state index in [1.54, 1.807) is 24.3 Å². The third-order valence-electron chi connectivity index (χ3n) is 2.79. The normalized spacial score (nSPS) is 10.3. The van der Waals surface area contributed by atoms with Crippen molar-refractivity contribution >= 4 is 12.0 Å². The summed E-state index contributed by atoms with van der Waals surface area (Å²) in [6.45, 7) is 0.430. The largest absolute Gasteiger partial charge is 0.493 e. The fourth-order valence-electron chi connectivity index (χ4n) is 1.66. The Morgan fingerprint density at radius 3 is 2.61 bits per heavy atom. The Balaban J connectivity index is 2.51. The predicted octanol–water partition coefficient (Wildman–Crippen LogP) is 2.25. The number of methoxy groups -OCH3 is 2. The monoisotopic (exact) mass is 325 g/mol. The van der Waals surface area contributed by atoms with Crippen LogP contribution in [0.4, 0.5) is 0 Å². The van der Waals surface area contributed by atoms with Gasteiger partial charge in [-0.1, -0.05) is 6.07 Å². The minimum Gasteiger partial charge on any atom is -0.493 e. The molecule has 0 heterocycles. The minimum atomic E-state index is -0.815. The molecule has 0 atom stereocenters. The van der Waals surface area contributed by atoms with E-state index in [1.807, 2.05) is 0 Å². The number of nitrogens with zero attached hydrogens (tertiary/aromatic N) is 1. The first-order chi connectivity index (χ1) is 11.1. The average molecular weight is 325 g/mol. The molecule has 8 heteroatoms. The number of hydrogen-bond donors (Lipinski definition) is 0. The van der Waals surface area contributed by atoms with Crippen LogP contribution >= 0.6 is 0 Å². The maximum Gasteiger partial charge on any atom is 0.330 e. The molecule has 0 unspecified atom stereocenters. The summed E-state index contributed by atoms with van der Waals surface area (Å²) in [4.78, 5) is 25.3. The third kappa shape index (κ3) is 7.16. The molecule has 0 N–H and O–H groups in total. The standard InChI is InChI=1S/C15H19NO7/c1-20-14-11-12(6-8-15(17)21-2)5-7-13(14)22-9-3-4-10-23-16(18)19/h5-8,11H,3-4,9-10H2,1-2H3/b8-6+. The van der Waals surface area contributed by atoms with Gasteiger partial charge >= 0.3 is 5.97 Å². The number of benzene rings is 1. The van der Waals surface area contributed by atoms with E-state index in [0.717, 1.165) is 5.56 Å². The molecule has 0 amide bonds. The highest BCUT2D eigenvalue weighted by Crippen LogP contribution is 2.28. The highest BCUT2D eigenvalue weighted by atomic mass is 16.9. The van der Waals surface area contributed by atoms with Gasteiger partial charge in [0.05, 0.1) is 27.4 Å². The van der Waals surface area contributed by atoms with Crippen LogP contribution in [0.1, 0.15) is 18.4 Å². The van der Waals surface area contributed by atoms with Crippen molar-refractivity contribution in [3.8, 4) is 11.5 Å².